The molecule has 0 aromatic carbocycles. The molecular formula is C15H26N4. The summed E-state index contributed by atoms with van der Waals surface area (Å²) < 4.78 is 0. The summed E-state index contributed by atoms with van der Waals surface area (Å²) >= 11 is 0. The third kappa shape index (κ3) is 3.90. The summed E-state index contributed by atoms with van der Waals surface area (Å²) in [5.74, 6) is 2.59. The lowest BCUT2D eigenvalue weighted by atomic mass is 9.90. The molecule has 1 atom stereocenters. The number of hydrogen-bond donors (Lipinski definition) is 1. The fourth-order valence-corrected chi connectivity index (χ4v) is 2.76. The van der Waals surface area contributed by atoms with Crippen LogP contribution in [0, 0.1) is 12.8 Å². The molecule has 2 heterocycles. The van der Waals surface area contributed by atoms with Crippen LogP contribution in [0.3, 0.4) is 0 Å². The Balaban J connectivity index is 1.98. The lowest BCUT2D eigenvalue weighted by Crippen LogP contribution is -2.37. The first-order valence-electron chi connectivity index (χ1n) is 7.38. The number of anilines is 1. The minimum atomic E-state index is 0.479. The van der Waals surface area contributed by atoms with Crippen LogP contribution >= 0.6 is 0 Å². The Morgan fingerprint density at radius 1 is 1.37 bits per heavy atom. The number of aryl methyl sites for hydroxylation is 2. The van der Waals surface area contributed by atoms with Crippen LogP contribution in [0.15, 0.2) is 6.07 Å². The van der Waals surface area contributed by atoms with Crippen LogP contribution in [0.4, 0.5) is 5.82 Å². The van der Waals surface area contributed by atoms with E-state index < -0.39 is 0 Å². The molecular weight excluding hydrogens is 236 g/mol. The van der Waals surface area contributed by atoms with Crippen molar-refractivity contribution in [2.24, 2.45) is 5.92 Å². The lowest BCUT2D eigenvalue weighted by molar-refractivity contribution is 0.208. The third-order valence-electron chi connectivity index (χ3n) is 4.10. The molecule has 1 aromatic rings. The molecule has 106 valence electrons. The normalized spacial score (nSPS) is 19.4. The number of rotatable bonds is 4. The molecule has 0 radical (unpaired) electrons. The van der Waals surface area contributed by atoms with Crippen molar-refractivity contribution >= 4 is 5.82 Å². The van der Waals surface area contributed by atoms with E-state index in [1.165, 1.54) is 25.9 Å². The van der Waals surface area contributed by atoms with Gasteiger partial charge in [0.25, 0.3) is 0 Å². The Labute approximate surface area is 116 Å². The topological polar surface area (TPSA) is 41.0 Å². The van der Waals surface area contributed by atoms with Crippen molar-refractivity contribution in [3.63, 3.8) is 0 Å². The average Bonchev–Trinajstić information content (AvgIpc) is 2.38. The number of likely N-dealkylation sites (tertiary alicyclic amines) is 1. The lowest BCUT2D eigenvalue weighted by Gasteiger charge is -2.33. The maximum absolute atomic E-state index is 4.50. The Bertz CT molecular complexity index is 411. The summed E-state index contributed by atoms with van der Waals surface area (Å²) in [6.07, 6.45) is 3.51. The molecule has 0 amide bonds. The van der Waals surface area contributed by atoms with Crippen molar-refractivity contribution in [1.82, 2.24) is 14.9 Å². The van der Waals surface area contributed by atoms with E-state index in [1.807, 2.05) is 6.92 Å². The largest absolute Gasteiger partial charge is 0.367 e. The predicted octanol–water partition coefficient (Wildman–Crippen LogP) is 2.49. The summed E-state index contributed by atoms with van der Waals surface area (Å²) in [7, 11) is 2.20. The molecule has 4 nitrogen and oxygen atoms in total. The van der Waals surface area contributed by atoms with E-state index >= 15 is 0 Å². The molecule has 0 bridgehead atoms. The SMILES string of the molecule is CCc1cc(NC(C)C2CCN(C)CC2)nc(C)n1. The van der Waals surface area contributed by atoms with Gasteiger partial charge in [0, 0.05) is 17.8 Å². The van der Waals surface area contributed by atoms with E-state index in [1.54, 1.807) is 0 Å². The summed E-state index contributed by atoms with van der Waals surface area (Å²) in [5.41, 5.74) is 1.12. The highest BCUT2D eigenvalue weighted by Gasteiger charge is 2.22. The average molecular weight is 262 g/mol. The van der Waals surface area contributed by atoms with E-state index in [0.717, 1.165) is 29.7 Å². The van der Waals surface area contributed by atoms with Gasteiger partial charge in [0.05, 0.1) is 0 Å². The number of nitrogens with zero attached hydrogens (tertiary/aromatic N) is 3. The monoisotopic (exact) mass is 262 g/mol. The van der Waals surface area contributed by atoms with Crippen molar-refractivity contribution in [3.05, 3.63) is 17.6 Å². The van der Waals surface area contributed by atoms with Crippen molar-refractivity contribution in [1.29, 1.82) is 0 Å². The van der Waals surface area contributed by atoms with Gasteiger partial charge in [0.1, 0.15) is 11.6 Å². The summed E-state index contributed by atoms with van der Waals surface area (Å²) in [6.45, 7) is 8.79. The second kappa shape index (κ2) is 6.33. The predicted molar refractivity (Wildman–Crippen MR) is 79.5 cm³/mol. The van der Waals surface area contributed by atoms with E-state index in [4.69, 9.17) is 0 Å². The van der Waals surface area contributed by atoms with Gasteiger partial charge >= 0.3 is 0 Å². The van der Waals surface area contributed by atoms with Crippen molar-refractivity contribution in [2.45, 2.75) is 46.1 Å². The fourth-order valence-electron chi connectivity index (χ4n) is 2.76. The van der Waals surface area contributed by atoms with Gasteiger partial charge in [-0.25, -0.2) is 9.97 Å². The van der Waals surface area contributed by atoms with Gasteiger partial charge in [0.2, 0.25) is 0 Å². The Kier molecular flexibility index (Phi) is 4.75. The molecule has 4 heteroatoms. The standard InChI is InChI=1S/C15H26N4/c1-5-14-10-15(18-12(3)17-14)16-11(2)13-6-8-19(4)9-7-13/h10-11,13H,5-9H2,1-4H3,(H,16,17,18). The number of aromatic nitrogens is 2. The highest BCUT2D eigenvalue weighted by molar-refractivity contribution is 5.37. The molecule has 1 aliphatic rings. The molecule has 1 aliphatic heterocycles. The van der Waals surface area contributed by atoms with Gasteiger partial charge in [-0.2, -0.15) is 0 Å². The zero-order valence-electron chi connectivity index (χ0n) is 12.6. The zero-order chi connectivity index (χ0) is 13.8. The maximum Gasteiger partial charge on any atom is 0.130 e. The molecule has 0 saturated carbocycles. The second-order valence-corrected chi connectivity index (χ2v) is 5.72. The Morgan fingerprint density at radius 2 is 2.05 bits per heavy atom. The minimum Gasteiger partial charge on any atom is -0.367 e. The van der Waals surface area contributed by atoms with Crippen LogP contribution < -0.4 is 5.32 Å². The second-order valence-electron chi connectivity index (χ2n) is 5.72. The third-order valence-corrected chi connectivity index (χ3v) is 4.10. The van der Waals surface area contributed by atoms with Crippen molar-refractivity contribution in [3.8, 4) is 0 Å². The van der Waals surface area contributed by atoms with Gasteiger partial charge in [-0.05, 0) is 59.2 Å². The summed E-state index contributed by atoms with van der Waals surface area (Å²) in [6, 6.07) is 2.56. The van der Waals surface area contributed by atoms with E-state index in [2.05, 4.69) is 47.1 Å². The fraction of sp³-hybridized carbons (Fsp3) is 0.733. The van der Waals surface area contributed by atoms with Gasteiger partial charge in [-0.3, -0.25) is 0 Å². The first kappa shape index (κ1) is 14.3. The van der Waals surface area contributed by atoms with Gasteiger partial charge < -0.3 is 10.2 Å². The van der Waals surface area contributed by atoms with Gasteiger partial charge in [0.15, 0.2) is 0 Å². The minimum absolute atomic E-state index is 0.479. The van der Waals surface area contributed by atoms with Gasteiger partial charge in [-0.15, -0.1) is 0 Å². The highest BCUT2D eigenvalue weighted by Crippen LogP contribution is 2.22. The van der Waals surface area contributed by atoms with Crippen molar-refractivity contribution < 1.29 is 0 Å². The van der Waals surface area contributed by atoms with Crippen molar-refractivity contribution in [2.75, 3.05) is 25.5 Å². The van der Waals surface area contributed by atoms with Crippen LogP contribution in [-0.2, 0) is 6.42 Å². The zero-order valence-corrected chi connectivity index (χ0v) is 12.6. The summed E-state index contributed by atoms with van der Waals surface area (Å²) in [5, 5.41) is 3.57. The molecule has 1 unspecified atom stereocenters. The molecule has 1 N–H and O–H groups in total. The quantitative estimate of drug-likeness (QED) is 0.905. The number of piperidine rings is 1. The molecule has 1 aromatic heterocycles. The van der Waals surface area contributed by atoms with E-state index in [-0.39, 0.29) is 0 Å². The van der Waals surface area contributed by atoms with Crippen LogP contribution in [0.1, 0.15) is 38.2 Å². The molecule has 1 saturated heterocycles. The Hall–Kier alpha value is -1.16. The first-order valence-corrected chi connectivity index (χ1v) is 7.38. The van der Waals surface area contributed by atoms with E-state index in [9.17, 15) is 0 Å². The highest BCUT2D eigenvalue weighted by atomic mass is 15.1. The van der Waals surface area contributed by atoms with Crippen LogP contribution in [0.25, 0.3) is 0 Å². The maximum atomic E-state index is 4.50. The molecule has 0 spiro atoms. The molecule has 0 aliphatic carbocycles. The van der Waals surface area contributed by atoms with Crippen LogP contribution in [0.2, 0.25) is 0 Å². The molecule has 2 rings (SSSR count). The van der Waals surface area contributed by atoms with E-state index in [0.29, 0.717) is 6.04 Å². The Morgan fingerprint density at radius 3 is 2.68 bits per heavy atom. The van der Waals surface area contributed by atoms with Crippen LogP contribution in [-0.4, -0.2) is 41.0 Å². The smallest absolute Gasteiger partial charge is 0.130 e. The summed E-state index contributed by atoms with van der Waals surface area (Å²) in [4.78, 5) is 11.3. The number of hydrogen-bond acceptors (Lipinski definition) is 4. The molecule has 19 heavy (non-hydrogen) atoms. The van der Waals surface area contributed by atoms with Crippen LogP contribution in [0.5, 0.6) is 0 Å². The van der Waals surface area contributed by atoms with Gasteiger partial charge in [-0.1, -0.05) is 6.92 Å². The number of nitrogens with one attached hydrogen (secondary N) is 1. The first-order chi connectivity index (χ1) is 9.08. The molecule has 1 fully saturated rings.